The monoisotopic (exact) mass is 314 g/mol. The van der Waals surface area contributed by atoms with Gasteiger partial charge < -0.3 is 19.9 Å². The van der Waals surface area contributed by atoms with E-state index in [-0.39, 0.29) is 0 Å². The van der Waals surface area contributed by atoms with Crippen LogP contribution in [0.1, 0.15) is 5.56 Å². The average molecular weight is 314 g/mol. The van der Waals surface area contributed by atoms with Crippen LogP contribution >= 0.6 is 0 Å². The highest BCUT2D eigenvalue weighted by atomic mass is 16.5. The van der Waals surface area contributed by atoms with Crippen molar-refractivity contribution in [2.24, 2.45) is 0 Å². The van der Waals surface area contributed by atoms with Gasteiger partial charge in [0.25, 0.3) is 0 Å². The third-order valence-corrected chi connectivity index (χ3v) is 3.73. The normalized spacial score (nSPS) is 14.6. The van der Waals surface area contributed by atoms with Gasteiger partial charge in [0.1, 0.15) is 23.8 Å². The van der Waals surface area contributed by atoms with Crippen molar-refractivity contribution in [3.63, 3.8) is 0 Å². The first kappa shape index (κ1) is 15.5. The number of aromatic nitrogens is 3. The molecule has 0 saturated carbocycles. The first-order valence-corrected chi connectivity index (χ1v) is 7.73. The fraction of sp³-hybridized carbons (Fsp3) is 0.438. The summed E-state index contributed by atoms with van der Waals surface area (Å²) in [4.78, 5) is 17.2. The van der Waals surface area contributed by atoms with Crippen LogP contribution in [0.3, 0.4) is 0 Å². The van der Waals surface area contributed by atoms with E-state index in [2.05, 4.69) is 31.2 Å². The molecule has 122 valence electrons. The summed E-state index contributed by atoms with van der Waals surface area (Å²) in [6.07, 6.45) is 3.43. The molecule has 0 atom stereocenters. The molecule has 1 aliphatic heterocycles. The SMILES string of the molecule is CN(C)c1cc(CNc2cc(N3CCOCC3)ncn2)ccn1. The van der Waals surface area contributed by atoms with Gasteiger partial charge in [0, 0.05) is 46.0 Å². The highest BCUT2D eigenvalue weighted by molar-refractivity contribution is 5.49. The highest BCUT2D eigenvalue weighted by Gasteiger charge is 2.12. The van der Waals surface area contributed by atoms with Crippen LogP contribution in [0.25, 0.3) is 0 Å². The van der Waals surface area contributed by atoms with Crippen molar-refractivity contribution in [2.75, 3.05) is 55.5 Å². The van der Waals surface area contributed by atoms with Crippen molar-refractivity contribution >= 4 is 17.5 Å². The molecule has 0 bridgehead atoms. The first-order valence-electron chi connectivity index (χ1n) is 7.73. The number of anilines is 3. The molecule has 0 spiro atoms. The van der Waals surface area contributed by atoms with E-state index in [1.54, 1.807) is 6.33 Å². The Bertz CT molecular complexity index is 642. The Morgan fingerprint density at radius 1 is 1.17 bits per heavy atom. The van der Waals surface area contributed by atoms with Crippen molar-refractivity contribution < 1.29 is 4.74 Å². The zero-order valence-corrected chi connectivity index (χ0v) is 13.6. The van der Waals surface area contributed by atoms with E-state index in [4.69, 9.17) is 4.74 Å². The number of hydrogen-bond acceptors (Lipinski definition) is 7. The van der Waals surface area contributed by atoms with Crippen LogP contribution in [0.4, 0.5) is 17.5 Å². The average Bonchev–Trinajstić information content (AvgIpc) is 2.61. The molecule has 0 amide bonds. The lowest BCUT2D eigenvalue weighted by molar-refractivity contribution is 0.122. The Hall–Kier alpha value is -2.41. The third kappa shape index (κ3) is 4.07. The Morgan fingerprint density at radius 2 is 2.00 bits per heavy atom. The molecule has 1 N–H and O–H groups in total. The van der Waals surface area contributed by atoms with Gasteiger partial charge in [-0.3, -0.25) is 0 Å². The number of ether oxygens (including phenoxy) is 1. The maximum absolute atomic E-state index is 5.38. The van der Waals surface area contributed by atoms with E-state index < -0.39 is 0 Å². The summed E-state index contributed by atoms with van der Waals surface area (Å²) in [5.41, 5.74) is 1.16. The van der Waals surface area contributed by atoms with Crippen molar-refractivity contribution in [3.05, 3.63) is 36.3 Å². The summed E-state index contributed by atoms with van der Waals surface area (Å²) in [7, 11) is 3.97. The number of rotatable bonds is 5. The molecule has 0 aliphatic carbocycles. The van der Waals surface area contributed by atoms with E-state index >= 15 is 0 Å². The Labute approximate surface area is 136 Å². The largest absolute Gasteiger partial charge is 0.378 e. The van der Waals surface area contributed by atoms with E-state index in [1.807, 2.05) is 37.3 Å². The molecule has 3 rings (SSSR count). The van der Waals surface area contributed by atoms with Gasteiger partial charge in [-0.1, -0.05) is 0 Å². The molecule has 23 heavy (non-hydrogen) atoms. The quantitative estimate of drug-likeness (QED) is 0.894. The highest BCUT2D eigenvalue weighted by Crippen LogP contribution is 2.16. The summed E-state index contributed by atoms with van der Waals surface area (Å²) in [6, 6.07) is 6.06. The van der Waals surface area contributed by atoms with Gasteiger partial charge >= 0.3 is 0 Å². The van der Waals surface area contributed by atoms with Gasteiger partial charge in [0.2, 0.25) is 0 Å². The summed E-state index contributed by atoms with van der Waals surface area (Å²) in [5, 5.41) is 3.35. The van der Waals surface area contributed by atoms with E-state index in [0.717, 1.165) is 49.3 Å². The van der Waals surface area contributed by atoms with Gasteiger partial charge in [-0.15, -0.1) is 0 Å². The minimum absolute atomic E-state index is 0.697. The topological polar surface area (TPSA) is 66.4 Å². The predicted octanol–water partition coefficient (Wildman–Crippen LogP) is 1.39. The molecule has 0 aromatic carbocycles. The van der Waals surface area contributed by atoms with E-state index in [0.29, 0.717) is 6.54 Å². The van der Waals surface area contributed by atoms with Crippen LogP contribution in [0.2, 0.25) is 0 Å². The van der Waals surface area contributed by atoms with Crippen LogP contribution in [-0.2, 0) is 11.3 Å². The maximum Gasteiger partial charge on any atom is 0.134 e. The number of nitrogens with one attached hydrogen (secondary N) is 1. The standard InChI is InChI=1S/C16H22N6O/c1-21(2)15-9-13(3-4-17-15)11-18-14-10-16(20-12-19-14)22-5-7-23-8-6-22/h3-4,9-10,12H,5-8,11H2,1-2H3,(H,18,19,20). The zero-order valence-electron chi connectivity index (χ0n) is 13.6. The molecular formula is C16H22N6O. The lowest BCUT2D eigenvalue weighted by Crippen LogP contribution is -2.36. The lowest BCUT2D eigenvalue weighted by Gasteiger charge is -2.27. The second-order valence-corrected chi connectivity index (χ2v) is 5.63. The molecular weight excluding hydrogens is 292 g/mol. The van der Waals surface area contributed by atoms with Crippen molar-refractivity contribution in [1.29, 1.82) is 0 Å². The van der Waals surface area contributed by atoms with Gasteiger partial charge in [-0.2, -0.15) is 0 Å². The third-order valence-electron chi connectivity index (χ3n) is 3.73. The van der Waals surface area contributed by atoms with E-state index in [1.165, 1.54) is 0 Å². The van der Waals surface area contributed by atoms with Gasteiger partial charge in [0.15, 0.2) is 0 Å². The fourth-order valence-corrected chi connectivity index (χ4v) is 2.42. The summed E-state index contributed by atoms with van der Waals surface area (Å²) in [5.74, 6) is 2.71. The Balaban J connectivity index is 1.65. The van der Waals surface area contributed by atoms with Crippen molar-refractivity contribution in [1.82, 2.24) is 15.0 Å². The van der Waals surface area contributed by atoms with Crippen LogP contribution in [0, 0.1) is 0 Å². The molecule has 1 saturated heterocycles. The van der Waals surface area contributed by atoms with Gasteiger partial charge in [-0.05, 0) is 17.7 Å². The Morgan fingerprint density at radius 3 is 2.78 bits per heavy atom. The second kappa shape index (κ2) is 7.23. The summed E-state index contributed by atoms with van der Waals surface area (Å²) in [6.45, 7) is 3.93. The molecule has 0 unspecified atom stereocenters. The molecule has 2 aromatic heterocycles. The van der Waals surface area contributed by atoms with Crippen LogP contribution in [-0.4, -0.2) is 55.4 Å². The molecule has 2 aromatic rings. The molecule has 1 aliphatic rings. The number of nitrogens with zero attached hydrogens (tertiary/aromatic N) is 5. The molecule has 3 heterocycles. The van der Waals surface area contributed by atoms with Crippen LogP contribution < -0.4 is 15.1 Å². The van der Waals surface area contributed by atoms with Crippen LogP contribution in [0.15, 0.2) is 30.7 Å². The Kier molecular flexibility index (Phi) is 4.87. The van der Waals surface area contributed by atoms with Crippen molar-refractivity contribution in [2.45, 2.75) is 6.54 Å². The number of pyridine rings is 1. The fourth-order valence-electron chi connectivity index (χ4n) is 2.42. The lowest BCUT2D eigenvalue weighted by atomic mass is 10.2. The van der Waals surface area contributed by atoms with Crippen molar-refractivity contribution in [3.8, 4) is 0 Å². The van der Waals surface area contributed by atoms with Crippen LogP contribution in [0.5, 0.6) is 0 Å². The second-order valence-electron chi connectivity index (χ2n) is 5.63. The smallest absolute Gasteiger partial charge is 0.134 e. The molecule has 7 heteroatoms. The maximum atomic E-state index is 5.38. The number of morpholine rings is 1. The first-order chi connectivity index (χ1) is 11.2. The zero-order chi connectivity index (χ0) is 16.1. The molecule has 1 fully saturated rings. The number of hydrogen-bond donors (Lipinski definition) is 1. The van der Waals surface area contributed by atoms with Gasteiger partial charge in [0.05, 0.1) is 13.2 Å². The molecule has 7 nitrogen and oxygen atoms in total. The van der Waals surface area contributed by atoms with Gasteiger partial charge in [-0.25, -0.2) is 15.0 Å². The van der Waals surface area contributed by atoms with E-state index in [9.17, 15) is 0 Å². The minimum atomic E-state index is 0.697. The minimum Gasteiger partial charge on any atom is -0.378 e. The summed E-state index contributed by atoms with van der Waals surface area (Å²) >= 11 is 0. The predicted molar refractivity (Wildman–Crippen MR) is 91.0 cm³/mol. The molecule has 0 radical (unpaired) electrons. The summed E-state index contributed by atoms with van der Waals surface area (Å²) < 4.78 is 5.38.